The summed E-state index contributed by atoms with van der Waals surface area (Å²) in [5, 5.41) is 0. The highest BCUT2D eigenvalue weighted by molar-refractivity contribution is 5.45. The Morgan fingerprint density at radius 3 is 2.75 bits per heavy atom. The van der Waals surface area contributed by atoms with Crippen molar-refractivity contribution in [2.75, 3.05) is 0 Å². The molecule has 0 aliphatic heterocycles. The van der Waals surface area contributed by atoms with Gasteiger partial charge in [-0.05, 0) is 12.8 Å². The second kappa shape index (κ2) is 6.19. The highest BCUT2D eigenvalue weighted by atomic mass is 16.1. The van der Waals surface area contributed by atoms with Crippen LogP contribution in [-0.4, -0.2) is 5.94 Å². The molecule has 0 aliphatic rings. The maximum absolute atomic E-state index is 9.55. The number of hydrogen-bond donors (Lipinski definition) is 0. The zero-order chi connectivity index (χ0) is 6.24. The summed E-state index contributed by atoms with van der Waals surface area (Å²) in [4.78, 5) is 9.55. The zero-order valence-corrected chi connectivity index (χ0v) is 5.05. The van der Waals surface area contributed by atoms with Crippen LogP contribution in [-0.2, 0) is 4.79 Å². The van der Waals surface area contributed by atoms with Crippen LogP contribution in [0.4, 0.5) is 0 Å². The molecular formula is C7H10O. The Balaban J connectivity index is 3.15. The predicted molar refractivity (Wildman–Crippen MR) is 34.3 cm³/mol. The molecule has 0 bridgehead atoms. The third kappa shape index (κ3) is 5.19. The molecule has 0 unspecified atom stereocenters. The molecule has 0 radical (unpaired) electrons. The first-order valence-electron chi connectivity index (χ1n) is 2.76. The quantitative estimate of drug-likeness (QED) is 0.399. The minimum Gasteiger partial charge on any atom is -0.234 e. The number of carbonyl (C=O) groups excluding carboxylic acids is 1. The van der Waals surface area contributed by atoms with Crippen molar-refractivity contribution >= 4 is 5.94 Å². The van der Waals surface area contributed by atoms with Crippen LogP contribution in [0.15, 0.2) is 18.2 Å². The second-order valence-electron chi connectivity index (χ2n) is 1.44. The Kier molecular flexibility index (Phi) is 5.56. The van der Waals surface area contributed by atoms with Gasteiger partial charge < -0.3 is 0 Å². The van der Waals surface area contributed by atoms with Gasteiger partial charge in [-0.2, -0.15) is 0 Å². The van der Waals surface area contributed by atoms with Crippen LogP contribution in [0.5, 0.6) is 0 Å². The normalized spacial score (nSPS) is 9.12. The highest BCUT2D eigenvalue weighted by Crippen LogP contribution is 1.84. The lowest BCUT2D eigenvalue weighted by atomic mass is 10.3. The molecule has 0 aromatic heterocycles. The standard InChI is InChI=1S/C7H10O/c1-2-3-4-5-6-7-8/h3-4,6H,2,5H2,1H3. The molecule has 1 heteroatoms. The monoisotopic (exact) mass is 110 g/mol. The lowest BCUT2D eigenvalue weighted by molar-refractivity contribution is 0.568. The molecule has 0 fully saturated rings. The molecule has 0 saturated carbocycles. The van der Waals surface area contributed by atoms with Crippen LogP contribution in [0.25, 0.3) is 0 Å². The molecule has 0 aromatic rings. The van der Waals surface area contributed by atoms with Crippen molar-refractivity contribution in [3.8, 4) is 0 Å². The summed E-state index contributed by atoms with van der Waals surface area (Å²) in [6.07, 6.45) is 7.19. The maximum Gasteiger partial charge on any atom is 0.120 e. The molecule has 0 saturated heterocycles. The lowest BCUT2D eigenvalue weighted by Crippen LogP contribution is -1.57. The first-order valence-corrected chi connectivity index (χ1v) is 2.76. The molecule has 0 rings (SSSR count). The maximum atomic E-state index is 9.55. The van der Waals surface area contributed by atoms with Gasteiger partial charge >= 0.3 is 0 Å². The van der Waals surface area contributed by atoms with E-state index < -0.39 is 0 Å². The summed E-state index contributed by atoms with van der Waals surface area (Å²) in [6.45, 7) is 2.06. The minimum absolute atomic E-state index is 0.720. The number of hydrogen-bond acceptors (Lipinski definition) is 1. The van der Waals surface area contributed by atoms with Crippen LogP contribution in [0.3, 0.4) is 0 Å². The Labute approximate surface area is 49.7 Å². The van der Waals surface area contributed by atoms with E-state index in [2.05, 4.69) is 6.92 Å². The van der Waals surface area contributed by atoms with Crippen molar-refractivity contribution in [2.24, 2.45) is 0 Å². The van der Waals surface area contributed by atoms with E-state index in [1.807, 2.05) is 12.2 Å². The van der Waals surface area contributed by atoms with Gasteiger partial charge in [0, 0.05) is 6.08 Å². The minimum atomic E-state index is 0.720. The molecule has 0 N–H and O–H groups in total. The van der Waals surface area contributed by atoms with Gasteiger partial charge in [-0.1, -0.05) is 19.1 Å². The summed E-state index contributed by atoms with van der Waals surface area (Å²) >= 11 is 0. The number of rotatable bonds is 3. The van der Waals surface area contributed by atoms with Gasteiger partial charge in [0.1, 0.15) is 5.94 Å². The fraction of sp³-hybridized carbons (Fsp3) is 0.429. The Bertz CT molecular complexity index is 108. The van der Waals surface area contributed by atoms with Gasteiger partial charge in [-0.15, -0.1) is 0 Å². The van der Waals surface area contributed by atoms with Crippen molar-refractivity contribution in [3.63, 3.8) is 0 Å². The molecule has 0 spiro atoms. The van der Waals surface area contributed by atoms with E-state index in [0.717, 1.165) is 12.8 Å². The van der Waals surface area contributed by atoms with E-state index in [1.165, 1.54) is 6.08 Å². The third-order valence-corrected chi connectivity index (χ3v) is 0.740. The van der Waals surface area contributed by atoms with E-state index in [-0.39, 0.29) is 0 Å². The smallest absolute Gasteiger partial charge is 0.120 e. The van der Waals surface area contributed by atoms with Crippen LogP contribution < -0.4 is 0 Å². The summed E-state index contributed by atoms with van der Waals surface area (Å²) in [6, 6.07) is 0. The van der Waals surface area contributed by atoms with Crippen molar-refractivity contribution < 1.29 is 4.79 Å². The molecule has 44 valence electrons. The fourth-order valence-electron chi connectivity index (χ4n) is 0.379. The van der Waals surface area contributed by atoms with Crippen LogP contribution in [0.2, 0.25) is 0 Å². The Morgan fingerprint density at radius 1 is 1.50 bits per heavy atom. The van der Waals surface area contributed by atoms with E-state index in [9.17, 15) is 4.79 Å². The largest absolute Gasteiger partial charge is 0.234 e. The highest BCUT2D eigenvalue weighted by Gasteiger charge is 1.66. The fourth-order valence-corrected chi connectivity index (χ4v) is 0.379. The Morgan fingerprint density at radius 2 is 2.25 bits per heavy atom. The van der Waals surface area contributed by atoms with Gasteiger partial charge in [0.25, 0.3) is 0 Å². The van der Waals surface area contributed by atoms with Gasteiger partial charge in [0.15, 0.2) is 0 Å². The average molecular weight is 110 g/mol. The van der Waals surface area contributed by atoms with Crippen molar-refractivity contribution in [3.05, 3.63) is 18.2 Å². The predicted octanol–water partition coefficient (Wildman–Crippen LogP) is 1.73. The molecular weight excluding hydrogens is 100 g/mol. The summed E-state index contributed by atoms with van der Waals surface area (Å²) in [5.74, 6) is 1.70. The van der Waals surface area contributed by atoms with E-state index in [4.69, 9.17) is 0 Å². The summed E-state index contributed by atoms with van der Waals surface area (Å²) in [7, 11) is 0. The molecule has 8 heavy (non-hydrogen) atoms. The van der Waals surface area contributed by atoms with Crippen LogP contribution >= 0.6 is 0 Å². The van der Waals surface area contributed by atoms with E-state index in [0.29, 0.717) is 0 Å². The first-order chi connectivity index (χ1) is 3.91. The Hall–Kier alpha value is -0.810. The van der Waals surface area contributed by atoms with E-state index >= 15 is 0 Å². The number of allylic oxidation sites excluding steroid dienone is 3. The second-order valence-corrected chi connectivity index (χ2v) is 1.44. The van der Waals surface area contributed by atoms with Crippen molar-refractivity contribution in [1.29, 1.82) is 0 Å². The zero-order valence-electron chi connectivity index (χ0n) is 5.05. The lowest BCUT2D eigenvalue weighted by Gasteiger charge is -1.74. The van der Waals surface area contributed by atoms with Crippen molar-refractivity contribution in [1.82, 2.24) is 0 Å². The SMILES string of the molecule is CCC=CCC=C=O. The molecule has 0 heterocycles. The third-order valence-electron chi connectivity index (χ3n) is 0.740. The average Bonchev–Trinajstić information content (AvgIpc) is 1.81. The van der Waals surface area contributed by atoms with Crippen LogP contribution in [0, 0.1) is 0 Å². The van der Waals surface area contributed by atoms with Gasteiger partial charge in [0.05, 0.1) is 0 Å². The van der Waals surface area contributed by atoms with Crippen LogP contribution in [0.1, 0.15) is 19.8 Å². The molecule has 1 nitrogen and oxygen atoms in total. The van der Waals surface area contributed by atoms with Gasteiger partial charge in [0.2, 0.25) is 0 Å². The molecule has 0 aliphatic carbocycles. The summed E-state index contributed by atoms with van der Waals surface area (Å²) in [5.41, 5.74) is 0. The van der Waals surface area contributed by atoms with Gasteiger partial charge in [-0.25, -0.2) is 4.79 Å². The molecule has 0 atom stereocenters. The molecule has 0 aromatic carbocycles. The van der Waals surface area contributed by atoms with Gasteiger partial charge in [-0.3, -0.25) is 0 Å². The topological polar surface area (TPSA) is 17.1 Å². The summed E-state index contributed by atoms with van der Waals surface area (Å²) < 4.78 is 0. The van der Waals surface area contributed by atoms with Crippen molar-refractivity contribution in [2.45, 2.75) is 19.8 Å². The molecule has 0 amide bonds. The van der Waals surface area contributed by atoms with E-state index in [1.54, 1.807) is 5.94 Å². The first kappa shape index (κ1) is 7.19.